The number of hydrogen-bond donors (Lipinski definition) is 1. The van der Waals surface area contributed by atoms with E-state index in [9.17, 15) is 13.6 Å². The number of aliphatic carboxylic acids is 1. The van der Waals surface area contributed by atoms with Crippen LogP contribution in [-0.2, 0) is 9.53 Å². The van der Waals surface area contributed by atoms with Crippen LogP contribution in [0.3, 0.4) is 0 Å². The fraction of sp³-hybridized carbons (Fsp3) is 0.273. The molecule has 1 aromatic heterocycles. The highest BCUT2D eigenvalue weighted by atomic mass is 19.1. The summed E-state index contributed by atoms with van der Waals surface area (Å²) in [4.78, 5) is 9.68. The first kappa shape index (κ1) is 14.0. The van der Waals surface area contributed by atoms with Crippen LogP contribution in [0.5, 0.6) is 0 Å². The lowest BCUT2D eigenvalue weighted by atomic mass is 10.2. The molecule has 98 valence electrons. The molecule has 0 spiro atoms. The lowest BCUT2D eigenvalue weighted by Crippen LogP contribution is -1.99. The van der Waals surface area contributed by atoms with E-state index in [1.165, 1.54) is 19.2 Å². The normalized spacial score (nSPS) is 9.94. The van der Waals surface area contributed by atoms with Crippen LogP contribution < -0.4 is 0 Å². The fourth-order valence-electron chi connectivity index (χ4n) is 1.10. The van der Waals surface area contributed by atoms with Crippen molar-refractivity contribution in [3.05, 3.63) is 30.0 Å². The maximum atomic E-state index is 12.7. The lowest BCUT2D eigenvalue weighted by Gasteiger charge is -1.88. The highest BCUT2D eigenvalue weighted by Gasteiger charge is 2.10. The average molecular weight is 259 g/mol. The minimum atomic E-state index is -0.905. The van der Waals surface area contributed by atoms with Gasteiger partial charge in [0.25, 0.3) is 5.95 Å². The third kappa shape index (κ3) is 3.77. The van der Waals surface area contributed by atoms with E-state index in [1.54, 1.807) is 0 Å². The molecule has 2 rings (SSSR count). The second kappa shape index (κ2) is 6.65. The zero-order valence-electron chi connectivity index (χ0n) is 9.52. The van der Waals surface area contributed by atoms with Crippen molar-refractivity contribution in [2.45, 2.75) is 6.42 Å². The number of carboxylic acids is 1. The lowest BCUT2D eigenvalue weighted by molar-refractivity contribution is -0.137. The minimum absolute atomic E-state index is 0.0938. The van der Waals surface area contributed by atoms with Crippen molar-refractivity contribution >= 4 is 16.9 Å². The Balaban J connectivity index is 0.000000203. The van der Waals surface area contributed by atoms with Crippen molar-refractivity contribution in [1.82, 2.24) is 5.16 Å². The molecule has 0 radical (unpaired) electrons. The number of halogens is 2. The van der Waals surface area contributed by atoms with Crippen LogP contribution in [0.15, 0.2) is 22.7 Å². The summed E-state index contributed by atoms with van der Waals surface area (Å²) in [5.74, 6) is -2.37. The number of methoxy groups -OCH3 is 1. The van der Waals surface area contributed by atoms with Gasteiger partial charge in [0.2, 0.25) is 0 Å². The summed E-state index contributed by atoms with van der Waals surface area (Å²) in [6.07, 6.45) is 0.0938. The second-order valence-electron chi connectivity index (χ2n) is 3.22. The molecule has 2 aromatic rings. The van der Waals surface area contributed by atoms with E-state index in [-0.39, 0.29) is 17.4 Å². The van der Waals surface area contributed by atoms with E-state index < -0.39 is 17.7 Å². The zero-order valence-corrected chi connectivity index (χ0v) is 9.52. The van der Waals surface area contributed by atoms with E-state index in [2.05, 4.69) is 14.4 Å². The van der Waals surface area contributed by atoms with Crippen LogP contribution in [0.4, 0.5) is 8.78 Å². The van der Waals surface area contributed by atoms with Crippen LogP contribution in [0.25, 0.3) is 11.0 Å². The summed E-state index contributed by atoms with van der Waals surface area (Å²) in [5, 5.41) is 10.8. The predicted molar refractivity (Wildman–Crippen MR) is 58.1 cm³/mol. The maximum absolute atomic E-state index is 12.7. The molecule has 0 aliphatic rings. The van der Waals surface area contributed by atoms with E-state index >= 15 is 0 Å². The summed E-state index contributed by atoms with van der Waals surface area (Å²) < 4.78 is 34.2. The number of rotatable bonds is 3. The van der Waals surface area contributed by atoms with Crippen LogP contribution in [-0.4, -0.2) is 29.9 Å². The quantitative estimate of drug-likeness (QED) is 0.914. The van der Waals surface area contributed by atoms with Gasteiger partial charge in [-0.2, -0.15) is 4.39 Å². The topological polar surface area (TPSA) is 72.6 Å². The number of carbonyl (C=O) groups is 1. The first-order valence-corrected chi connectivity index (χ1v) is 4.96. The Hall–Kier alpha value is -2.02. The van der Waals surface area contributed by atoms with Gasteiger partial charge in [0, 0.05) is 7.11 Å². The number of fused-ring (bicyclic) bond motifs is 1. The summed E-state index contributed by atoms with van der Waals surface area (Å²) in [6.45, 7) is 0.301. The number of ether oxygens (including phenoxy) is 1. The molecular formula is C11H11F2NO4. The molecule has 0 aliphatic heterocycles. The van der Waals surface area contributed by atoms with Gasteiger partial charge in [-0.05, 0) is 17.3 Å². The average Bonchev–Trinajstić information content (AvgIpc) is 2.71. The van der Waals surface area contributed by atoms with Crippen molar-refractivity contribution in [3.8, 4) is 0 Å². The van der Waals surface area contributed by atoms with Gasteiger partial charge in [0.1, 0.15) is 11.2 Å². The van der Waals surface area contributed by atoms with Gasteiger partial charge in [-0.15, -0.1) is 0 Å². The molecule has 0 fully saturated rings. The third-order valence-corrected chi connectivity index (χ3v) is 1.93. The predicted octanol–water partition coefficient (Wildman–Crippen LogP) is 2.21. The molecule has 0 unspecified atom stereocenters. The van der Waals surface area contributed by atoms with Crippen molar-refractivity contribution in [1.29, 1.82) is 0 Å². The fourth-order valence-corrected chi connectivity index (χ4v) is 1.10. The van der Waals surface area contributed by atoms with Gasteiger partial charge in [0.15, 0.2) is 5.58 Å². The van der Waals surface area contributed by atoms with Crippen molar-refractivity contribution in [3.63, 3.8) is 0 Å². The first-order chi connectivity index (χ1) is 8.56. The summed E-state index contributed by atoms with van der Waals surface area (Å²) in [7, 11) is 1.48. The van der Waals surface area contributed by atoms with Gasteiger partial charge in [-0.25, -0.2) is 4.39 Å². The molecule has 0 saturated heterocycles. The summed E-state index contributed by atoms with van der Waals surface area (Å²) in [5.41, 5.74) is 0.127. The van der Waals surface area contributed by atoms with Gasteiger partial charge < -0.3 is 14.4 Å². The maximum Gasteiger partial charge on any atom is 0.305 e. The standard InChI is InChI=1S/C7H3F2NO.C4H8O3/c8-4-2-1-3-5-6(4)7(9)10-11-5;1-7-3-2-4(5)6/h1-3H;2-3H2,1H3,(H,5,6). The van der Waals surface area contributed by atoms with Gasteiger partial charge >= 0.3 is 5.97 Å². The first-order valence-electron chi connectivity index (χ1n) is 4.96. The molecule has 0 atom stereocenters. The number of carboxylic acid groups (broad SMARTS) is 1. The molecule has 1 aromatic carbocycles. The molecule has 5 nitrogen and oxygen atoms in total. The van der Waals surface area contributed by atoms with Crippen LogP contribution >= 0.6 is 0 Å². The number of aromatic nitrogens is 1. The van der Waals surface area contributed by atoms with Crippen molar-refractivity contribution < 1.29 is 27.9 Å². The smallest absolute Gasteiger partial charge is 0.305 e. The molecule has 0 saturated carbocycles. The number of nitrogens with zero attached hydrogens (tertiary/aromatic N) is 1. The van der Waals surface area contributed by atoms with Crippen molar-refractivity contribution in [2.75, 3.05) is 13.7 Å². The molecular weight excluding hydrogens is 248 g/mol. The highest BCUT2D eigenvalue weighted by molar-refractivity contribution is 5.76. The minimum Gasteiger partial charge on any atom is -0.481 e. The molecule has 0 amide bonds. The monoisotopic (exact) mass is 259 g/mol. The Morgan fingerprint density at radius 3 is 2.72 bits per heavy atom. The van der Waals surface area contributed by atoms with Crippen LogP contribution in [0, 0.1) is 11.8 Å². The third-order valence-electron chi connectivity index (χ3n) is 1.93. The van der Waals surface area contributed by atoms with E-state index in [1.807, 2.05) is 0 Å². The van der Waals surface area contributed by atoms with Crippen molar-refractivity contribution in [2.24, 2.45) is 0 Å². The molecule has 1 N–H and O–H groups in total. The molecule has 0 aliphatic carbocycles. The van der Waals surface area contributed by atoms with E-state index in [4.69, 9.17) is 5.11 Å². The largest absolute Gasteiger partial charge is 0.481 e. The van der Waals surface area contributed by atoms with Crippen LogP contribution in [0.2, 0.25) is 0 Å². The molecule has 1 heterocycles. The Bertz CT molecular complexity index is 527. The van der Waals surface area contributed by atoms with Gasteiger partial charge in [0.05, 0.1) is 13.0 Å². The zero-order chi connectivity index (χ0) is 13.5. The Kier molecular flexibility index (Phi) is 5.19. The van der Waals surface area contributed by atoms with Gasteiger partial charge in [-0.3, -0.25) is 4.79 Å². The molecule has 0 bridgehead atoms. The van der Waals surface area contributed by atoms with Gasteiger partial charge in [-0.1, -0.05) is 6.07 Å². The number of benzene rings is 1. The Labute approximate surface area is 101 Å². The van der Waals surface area contributed by atoms with E-state index in [0.29, 0.717) is 6.61 Å². The van der Waals surface area contributed by atoms with E-state index in [0.717, 1.165) is 6.07 Å². The summed E-state index contributed by atoms with van der Waals surface area (Å²) in [6, 6.07) is 4.04. The highest BCUT2D eigenvalue weighted by Crippen LogP contribution is 2.19. The number of hydrogen-bond acceptors (Lipinski definition) is 4. The Morgan fingerprint density at radius 2 is 2.22 bits per heavy atom. The second-order valence-corrected chi connectivity index (χ2v) is 3.22. The summed E-state index contributed by atoms with van der Waals surface area (Å²) >= 11 is 0. The molecule has 18 heavy (non-hydrogen) atoms. The van der Waals surface area contributed by atoms with Crippen LogP contribution in [0.1, 0.15) is 6.42 Å². The Morgan fingerprint density at radius 1 is 1.50 bits per heavy atom. The SMILES string of the molecule is COCCC(=O)O.Fc1cccc2onc(F)c12. The molecule has 7 heteroatoms.